The van der Waals surface area contributed by atoms with Crippen LogP contribution in [0.4, 0.5) is 18.4 Å². The van der Waals surface area contributed by atoms with E-state index >= 15 is 0 Å². The Kier molecular flexibility index (Phi) is 12.5. The molecule has 0 saturated carbocycles. The lowest BCUT2D eigenvalue weighted by molar-refractivity contribution is -0.140. The first-order valence-corrected chi connectivity index (χ1v) is 21.3. The van der Waals surface area contributed by atoms with Crippen LogP contribution in [0.2, 0.25) is 0 Å². The summed E-state index contributed by atoms with van der Waals surface area (Å²) < 4.78 is 47.3. The Balaban J connectivity index is 1.06. The maximum atomic E-state index is 14.0. The van der Waals surface area contributed by atoms with Crippen LogP contribution in [0.15, 0.2) is 48.7 Å². The number of imidazole rings is 2. The average Bonchev–Trinajstić information content (AvgIpc) is 4.10. The summed E-state index contributed by atoms with van der Waals surface area (Å²) in [7, 11) is 2.64. The van der Waals surface area contributed by atoms with Crippen LogP contribution in [0, 0.1) is 11.8 Å². The summed E-state index contributed by atoms with van der Waals surface area (Å²) in [5, 5.41) is 16.2. The number of amides is 4. The van der Waals surface area contributed by atoms with Gasteiger partial charge in [0, 0.05) is 36.6 Å². The molecule has 7 atom stereocenters. The Morgan fingerprint density at radius 3 is 2.47 bits per heavy atom. The highest BCUT2D eigenvalue weighted by molar-refractivity contribution is 6.07. The van der Waals surface area contributed by atoms with E-state index < -0.39 is 54.9 Å². The molecule has 2 aromatic heterocycles. The Morgan fingerprint density at radius 1 is 0.953 bits per heavy atom. The van der Waals surface area contributed by atoms with Crippen molar-refractivity contribution >= 4 is 45.8 Å². The number of H-pyrrole nitrogens is 2. The number of carbonyl (C=O) groups excluding carboxylic acids is 3. The summed E-state index contributed by atoms with van der Waals surface area (Å²) in [5.74, 6) is 0.376. The van der Waals surface area contributed by atoms with Crippen molar-refractivity contribution < 1.29 is 52.0 Å². The number of alkyl carbamates (subject to hydrolysis) is 1. The molecule has 0 spiro atoms. The van der Waals surface area contributed by atoms with Gasteiger partial charge in [-0.15, -0.1) is 0 Å². The van der Waals surface area contributed by atoms with Gasteiger partial charge in [0.1, 0.15) is 36.1 Å². The third-order valence-electron chi connectivity index (χ3n) is 12.7. The van der Waals surface area contributed by atoms with Crippen LogP contribution in [-0.4, -0.2) is 117 Å². The molecule has 3 aromatic carbocycles. The maximum Gasteiger partial charge on any atom is 0.407 e. The number of rotatable bonds is 13. The first-order chi connectivity index (χ1) is 30.6. The third-order valence-corrected chi connectivity index (χ3v) is 12.7. The molecule has 2 saturated heterocycles. The first kappa shape index (κ1) is 44.3. The van der Waals surface area contributed by atoms with E-state index in [-0.39, 0.29) is 43.5 Å². The zero-order valence-corrected chi connectivity index (χ0v) is 36.3. The van der Waals surface area contributed by atoms with Crippen molar-refractivity contribution in [2.45, 2.75) is 96.5 Å². The van der Waals surface area contributed by atoms with Crippen LogP contribution in [0.25, 0.3) is 44.2 Å². The summed E-state index contributed by atoms with van der Waals surface area (Å²) in [5.41, 5.74) is 5.87. The largest absolute Gasteiger partial charge is 0.488 e. The minimum atomic E-state index is -2.98. The second-order valence-electron chi connectivity index (χ2n) is 17.1. The number of hydrogen-bond donors (Lipinski definition) is 5. The molecule has 2 fully saturated rings. The number of aromatic nitrogens is 4. The molecule has 19 heteroatoms. The van der Waals surface area contributed by atoms with Crippen molar-refractivity contribution in [2.75, 3.05) is 27.4 Å². The smallest absolute Gasteiger partial charge is 0.407 e. The van der Waals surface area contributed by atoms with E-state index in [1.165, 1.54) is 19.1 Å². The second-order valence-corrected chi connectivity index (χ2v) is 17.1. The monoisotopic (exact) mass is 886 g/mol. The summed E-state index contributed by atoms with van der Waals surface area (Å²) in [4.78, 5) is 71.3. The predicted octanol–water partition coefficient (Wildman–Crippen LogP) is 6.90. The Bertz CT molecular complexity index is 2580. The molecule has 3 aliphatic rings. The number of carbonyl (C=O) groups is 4. The summed E-state index contributed by atoms with van der Waals surface area (Å²) in [6, 6.07) is 10.9. The second kappa shape index (κ2) is 18.0. The van der Waals surface area contributed by atoms with Gasteiger partial charge >= 0.3 is 18.8 Å². The van der Waals surface area contributed by atoms with Gasteiger partial charge in [-0.25, -0.2) is 19.6 Å². The van der Waals surface area contributed by atoms with Crippen LogP contribution in [0.3, 0.4) is 0 Å². The van der Waals surface area contributed by atoms with Crippen molar-refractivity contribution in [1.82, 2.24) is 40.4 Å². The van der Waals surface area contributed by atoms with Crippen molar-refractivity contribution in [3.8, 4) is 28.1 Å². The molecular weight excluding hydrogens is 835 g/mol. The quantitative estimate of drug-likeness (QED) is 0.0821. The third kappa shape index (κ3) is 8.53. The minimum absolute atomic E-state index is 0.0438. The highest BCUT2D eigenvalue weighted by Gasteiger charge is 2.43. The Labute approximate surface area is 367 Å². The minimum Gasteiger partial charge on any atom is -0.488 e. The standard InChI is InChI=1S/C45H52F2N8O9/c1-21(2)36(53-45(60)62-6)42(57)55-22(3)7-12-33(55)39-48-17-32(50-39)26-8-10-28-27(14-26)20-63-35-16-29-25(15-30(28)35)9-11-31-38(29)51-40(49-31)34-13-24(19-64-43(46)47)18-54(34)41(56)37(23(4)61-5)52-44(58)59/h8-11,14-17,21-24,33-34,36-37,43,52H,7,12-13,18-20H2,1-6H3,(H,48,50)(H,49,51)(H,53,60)(H,58,59)/t22-,23+,24-,33-,34-,36-,37-/m0/s1. The van der Waals surface area contributed by atoms with Gasteiger partial charge in [0.2, 0.25) is 11.8 Å². The molecule has 0 radical (unpaired) electrons. The number of likely N-dealkylation sites (tertiary alicyclic amines) is 2. The van der Waals surface area contributed by atoms with Gasteiger partial charge in [-0.3, -0.25) is 9.59 Å². The summed E-state index contributed by atoms with van der Waals surface area (Å²) >= 11 is 0. The number of carboxylic acid groups (broad SMARTS) is 1. The number of nitrogens with zero attached hydrogens (tertiary/aromatic N) is 4. The molecule has 64 heavy (non-hydrogen) atoms. The number of methoxy groups -OCH3 is 2. The fraction of sp³-hybridized carbons (Fsp3) is 0.467. The molecule has 4 amide bonds. The zero-order valence-electron chi connectivity index (χ0n) is 36.3. The van der Waals surface area contributed by atoms with Gasteiger partial charge in [-0.2, -0.15) is 8.78 Å². The molecular formula is C45H52F2N8O9. The zero-order chi connectivity index (χ0) is 45.6. The highest BCUT2D eigenvalue weighted by atomic mass is 19.3. The van der Waals surface area contributed by atoms with Crippen molar-refractivity contribution in [2.24, 2.45) is 11.8 Å². The van der Waals surface area contributed by atoms with Gasteiger partial charge < -0.3 is 54.5 Å². The van der Waals surface area contributed by atoms with Gasteiger partial charge in [0.05, 0.1) is 54.8 Å². The molecule has 340 valence electrons. The molecule has 8 rings (SSSR count). The lowest BCUT2D eigenvalue weighted by Gasteiger charge is -2.32. The summed E-state index contributed by atoms with van der Waals surface area (Å²) in [6.07, 6.45) is 0.650. The molecule has 0 bridgehead atoms. The van der Waals surface area contributed by atoms with E-state index in [9.17, 15) is 33.1 Å². The average molecular weight is 887 g/mol. The van der Waals surface area contributed by atoms with E-state index in [0.29, 0.717) is 35.0 Å². The molecule has 17 nitrogen and oxygen atoms in total. The molecule has 5 aromatic rings. The van der Waals surface area contributed by atoms with Crippen LogP contribution < -0.4 is 15.4 Å². The number of ether oxygens (including phenoxy) is 4. The highest BCUT2D eigenvalue weighted by Crippen LogP contribution is 2.44. The fourth-order valence-corrected chi connectivity index (χ4v) is 9.36. The number of fused-ring (bicyclic) bond motifs is 6. The number of hydrogen-bond acceptors (Lipinski definition) is 10. The lowest BCUT2D eigenvalue weighted by atomic mass is 9.92. The maximum absolute atomic E-state index is 14.0. The van der Waals surface area contributed by atoms with E-state index in [2.05, 4.69) is 43.5 Å². The van der Waals surface area contributed by atoms with E-state index in [4.69, 9.17) is 24.2 Å². The topological polar surface area (TPSA) is 213 Å². The van der Waals surface area contributed by atoms with Gasteiger partial charge in [0.15, 0.2) is 0 Å². The van der Waals surface area contributed by atoms with Crippen LogP contribution in [0.1, 0.15) is 76.3 Å². The van der Waals surface area contributed by atoms with Crippen molar-refractivity contribution in [1.29, 1.82) is 0 Å². The van der Waals surface area contributed by atoms with E-state index in [1.807, 2.05) is 49.9 Å². The summed E-state index contributed by atoms with van der Waals surface area (Å²) in [6.45, 7) is 4.39. The normalized spacial score (nSPS) is 20.8. The van der Waals surface area contributed by atoms with Gasteiger partial charge in [-0.1, -0.05) is 32.0 Å². The van der Waals surface area contributed by atoms with Crippen LogP contribution in [-0.2, 0) is 30.4 Å². The predicted molar refractivity (Wildman–Crippen MR) is 229 cm³/mol. The number of benzene rings is 3. The van der Waals surface area contributed by atoms with Gasteiger partial charge in [-0.05, 0) is 85.4 Å². The molecule has 0 unspecified atom stereocenters. The van der Waals surface area contributed by atoms with Gasteiger partial charge in [0.25, 0.3) is 0 Å². The molecule has 5 heterocycles. The Morgan fingerprint density at radius 2 is 1.75 bits per heavy atom. The van der Waals surface area contributed by atoms with E-state index in [1.54, 1.807) is 13.1 Å². The first-order valence-electron chi connectivity index (χ1n) is 21.3. The SMILES string of the molecule is COC(=O)N[C@H](C(=O)N1[C@@H](C)CC[C@H]1c1ncc(-c2ccc3c(c2)COc2cc4c(ccc5nc([C@@H]6C[C@H](COC(F)F)CN6C(=O)[C@@H](NC(=O)O)[C@@H](C)OC)[nH]c54)cc2-3)[nH]1)C(C)C. The molecule has 3 aliphatic heterocycles. The molecule has 0 aliphatic carbocycles. The lowest BCUT2D eigenvalue weighted by Crippen LogP contribution is -2.54. The number of alkyl halides is 2. The van der Waals surface area contributed by atoms with Crippen molar-refractivity contribution in [3.63, 3.8) is 0 Å². The number of nitrogens with one attached hydrogen (secondary N) is 4. The fourth-order valence-electron chi connectivity index (χ4n) is 9.36. The van der Waals surface area contributed by atoms with Crippen LogP contribution >= 0.6 is 0 Å². The van der Waals surface area contributed by atoms with Crippen molar-refractivity contribution in [3.05, 3.63) is 65.9 Å². The molecule has 5 N–H and O–H groups in total. The Hall–Kier alpha value is -6.34. The van der Waals surface area contributed by atoms with Crippen LogP contribution in [0.5, 0.6) is 5.75 Å². The van der Waals surface area contributed by atoms with E-state index in [0.717, 1.165) is 51.6 Å². The number of aromatic amines is 2. The number of halogens is 2.